The van der Waals surface area contributed by atoms with Crippen LogP contribution in [-0.4, -0.2) is 7.11 Å². The normalized spacial score (nSPS) is 10.6. The first-order valence-electron chi connectivity index (χ1n) is 5.47. The van der Waals surface area contributed by atoms with Crippen molar-refractivity contribution >= 4 is 34.5 Å². The Morgan fingerprint density at radius 1 is 1.17 bits per heavy atom. The second-order valence-electron chi connectivity index (χ2n) is 3.73. The van der Waals surface area contributed by atoms with E-state index in [0.717, 1.165) is 22.2 Å². The topological polar surface area (TPSA) is 21.3 Å². The molecule has 5 heteroatoms. The monoisotopic (exact) mass is 301 g/mol. The predicted octanol–water partition coefficient (Wildman–Crippen LogP) is 4.35. The molecule has 1 aromatic heterocycles. The van der Waals surface area contributed by atoms with Crippen molar-refractivity contribution in [3.05, 3.63) is 50.1 Å². The van der Waals surface area contributed by atoms with E-state index in [0.29, 0.717) is 11.6 Å². The third-order valence-corrected chi connectivity index (χ3v) is 4.11. The molecule has 0 aliphatic rings. The molecule has 0 fully saturated rings. The van der Waals surface area contributed by atoms with E-state index < -0.39 is 0 Å². The highest BCUT2D eigenvalue weighted by atomic mass is 35.5. The molecular weight excluding hydrogens is 289 g/mol. The highest BCUT2D eigenvalue weighted by Crippen LogP contribution is 2.26. The fraction of sp³-hybridized carbons (Fsp3) is 0.231. The van der Waals surface area contributed by atoms with Gasteiger partial charge in [-0.15, -0.1) is 11.3 Å². The van der Waals surface area contributed by atoms with Crippen LogP contribution in [0.1, 0.15) is 10.4 Å². The molecule has 0 unspecified atom stereocenters. The van der Waals surface area contributed by atoms with Crippen molar-refractivity contribution in [2.24, 2.45) is 0 Å². The second-order valence-corrected chi connectivity index (χ2v) is 5.94. The molecule has 1 heterocycles. The largest absolute Gasteiger partial charge is 0.496 e. The summed E-state index contributed by atoms with van der Waals surface area (Å²) in [6, 6.07) is 9.57. The van der Waals surface area contributed by atoms with E-state index in [1.165, 1.54) is 4.88 Å². The fourth-order valence-corrected chi connectivity index (χ4v) is 2.95. The first-order valence-corrected chi connectivity index (χ1v) is 7.04. The molecule has 1 aromatic carbocycles. The Morgan fingerprint density at radius 2 is 2.00 bits per heavy atom. The Morgan fingerprint density at radius 3 is 2.67 bits per heavy atom. The Labute approximate surface area is 120 Å². The molecule has 18 heavy (non-hydrogen) atoms. The third kappa shape index (κ3) is 3.39. The number of benzene rings is 1. The molecule has 0 aliphatic carbocycles. The average Bonchev–Trinajstić information content (AvgIpc) is 2.77. The molecule has 0 bridgehead atoms. The predicted molar refractivity (Wildman–Crippen MR) is 77.9 cm³/mol. The minimum atomic E-state index is 0.665. The number of nitrogens with one attached hydrogen (secondary N) is 1. The lowest BCUT2D eigenvalue weighted by Gasteiger charge is -2.10. The van der Waals surface area contributed by atoms with Crippen LogP contribution < -0.4 is 10.1 Å². The highest BCUT2D eigenvalue weighted by molar-refractivity contribution is 7.16. The molecule has 96 valence electrons. The van der Waals surface area contributed by atoms with Gasteiger partial charge < -0.3 is 10.1 Å². The molecule has 2 nitrogen and oxygen atoms in total. The number of halogens is 2. The lowest BCUT2D eigenvalue weighted by atomic mass is 10.2. The van der Waals surface area contributed by atoms with E-state index in [-0.39, 0.29) is 0 Å². The molecule has 0 aliphatic heterocycles. The summed E-state index contributed by atoms with van der Waals surface area (Å²) >= 11 is 13.6. The number of thiophene rings is 1. The van der Waals surface area contributed by atoms with Crippen LogP contribution in [0.5, 0.6) is 5.75 Å². The van der Waals surface area contributed by atoms with Crippen molar-refractivity contribution in [3.8, 4) is 5.75 Å². The van der Waals surface area contributed by atoms with Crippen LogP contribution in [0.3, 0.4) is 0 Å². The average molecular weight is 302 g/mol. The van der Waals surface area contributed by atoms with E-state index in [4.69, 9.17) is 27.9 Å². The lowest BCUT2D eigenvalue weighted by Crippen LogP contribution is -2.12. The van der Waals surface area contributed by atoms with E-state index >= 15 is 0 Å². The molecule has 2 aromatic rings. The van der Waals surface area contributed by atoms with Gasteiger partial charge in [-0.2, -0.15) is 0 Å². The molecule has 0 spiro atoms. The zero-order valence-electron chi connectivity index (χ0n) is 9.87. The first kappa shape index (κ1) is 13.7. The number of ether oxygens (including phenoxy) is 1. The summed E-state index contributed by atoms with van der Waals surface area (Å²) in [6.45, 7) is 1.43. The van der Waals surface area contributed by atoms with Crippen molar-refractivity contribution in [2.75, 3.05) is 7.11 Å². The Hall–Kier alpha value is -0.740. The molecule has 0 saturated heterocycles. The molecule has 0 saturated carbocycles. The van der Waals surface area contributed by atoms with Crippen LogP contribution >= 0.6 is 34.5 Å². The first-order chi connectivity index (χ1) is 8.70. The quantitative estimate of drug-likeness (QED) is 0.886. The smallest absolute Gasteiger partial charge is 0.124 e. The SMILES string of the molecule is COc1cccc(Cl)c1CNCc1ccc(Cl)s1. The molecule has 2 rings (SSSR count). The molecule has 0 radical (unpaired) electrons. The zero-order chi connectivity index (χ0) is 13.0. The van der Waals surface area contributed by atoms with E-state index in [9.17, 15) is 0 Å². The van der Waals surface area contributed by atoms with Gasteiger partial charge in [-0.3, -0.25) is 0 Å². The molecule has 0 amide bonds. The van der Waals surface area contributed by atoms with Crippen LogP contribution in [0.15, 0.2) is 30.3 Å². The van der Waals surface area contributed by atoms with Gasteiger partial charge in [0, 0.05) is 28.6 Å². The number of rotatable bonds is 5. The van der Waals surface area contributed by atoms with Crippen LogP contribution in [-0.2, 0) is 13.1 Å². The molecular formula is C13H13Cl2NOS. The van der Waals surface area contributed by atoms with E-state index in [1.54, 1.807) is 18.4 Å². The molecule has 1 N–H and O–H groups in total. The van der Waals surface area contributed by atoms with Gasteiger partial charge >= 0.3 is 0 Å². The fourth-order valence-electron chi connectivity index (χ4n) is 1.66. The van der Waals surface area contributed by atoms with E-state index in [1.807, 2.05) is 30.3 Å². The molecule has 0 atom stereocenters. The van der Waals surface area contributed by atoms with Gasteiger partial charge in [0.15, 0.2) is 0 Å². The number of hydrogen-bond donors (Lipinski definition) is 1. The van der Waals surface area contributed by atoms with Gasteiger partial charge in [-0.1, -0.05) is 29.3 Å². The van der Waals surface area contributed by atoms with Crippen LogP contribution in [0.2, 0.25) is 9.36 Å². The summed E-state index contributed by atoms with van der Waals surface area (Å²) < 4.78 is 6.10. The van der Waals surface area contributed by atoms with Crippen LogP contribution in [0, 0.1) is 0 Å². The summed E-state index contributed by atoms with van der Waals surface area (Å²) in [4.78, 5) is 1.20. The maximum atomic E-state index is 6.16. The van der Waals surface area contributed by atoms with Crippen LogP contribution in [0.4, 0.5) is 0 Å². The van der Waals surface area contributed by atoms with Crippen molar-refractivity contribution < 1.29 is 4.74 Å². The van der Waals surface area contributed by atoms with Crippen molar-refractivity contribution in [2.45, 2.75) is 13.1 Å². The second kappa shape index (κ2) is 6.43. The zero-order valence-corrected chi connectivity index (χ0v) is 12.2. The minimum absolute atomic E-state index is 0.665. The summed E-state index contributed by atoms with van der Waals surface area (Å²) in [5.74, 6) is 0.805. The Bertz CT molecular complexity index is 527. The van der Waals surface area contributed by atoms with E-state index in [2.05, 4.69) is 5.32 Å². The Kier molecular flexibility index (Phi) is 4.89. The van der Waals surface area contributed by atoms with Crippen LogP contribution in [0.25, 0.3) is 0 Å². The van der Waals surface area contributed by atoms with Crippen molar-refractivity contribution in [3.63, 3.8) is 0 Å². The maximum absolute atomic E-state index is 6.16. The van der Waals surface area contributed by atoms with Gasteiger partial charge in [0.1, 0.15) is 5.75 Å². The van der Waals surface area contributed by atoms with Crippen molar-refractivity contribution in [1.82, 2.24) is 5.32 Å². The number of hydrogen-bond acceptors (Lipinski definition) is 3. The summed E-state index contributed by atoms with van der Waals surface area (Å²) in [7, 11) is 1.65. The maximum Gasteiger partial charge on any atom is 0.124 e. The van der Waals surface area contributed by atoms with Gasteiger partial charge in [0.05, 0.1) is 11.4 Å². The van der Waals surface area contributed by atoms with Gasteiger partial charge in [0.25, 0.3) is 0 Å². The summed E-state index contributed by atoms with van der Waals surface area (Å²) in [5, 5.41) is 4.05. The Balaban J connectivity index is 1.98. The standard InChI is InChI=1S/C13H13Cl2NOS/c1-17-12-4-2-3-11(14)10(12)8-16-7-9-5-6-13(15)18-9/h2-6,16H,7-8H2,1H3. The summed E-state index contributed by atoms with van der Waals surface area (Å²) in [6.07, 6.45) is 0. The van der Waals surface area contributed by atoms with Gasteiger partial charge in [-0.25, -0.2) is 0 Å². The van der Waals surface area contributed by atoms with Gasteiger partial charge in [0.2, 0.25) is 0 Å². The minimum Gasteiger partial charge on any atom is -0.496 e. The highest BCUT2D eigenvalue weighted by Gasteiger charge is 2.07. The van der Waals surface area contributed by atoms with Crippen molar-refractivity contribution in [1.29, 1.82) is 0 Å². The lowest BCUT2D eigenvalue weighted by molar-refractivity contribution is 0.408. The number of methoxy groups -OCH3 is 1. The third-order valence-electron chi connectivity index (χ3n) is 2.53. The summed E-state index contributed by atoms with van der Waals surface area (Å²) in [5.41, 5.74) is 0.976. The van der Waals surface area contributed by atoms with Gasteiger partial charge in [-0.05, 0) is 24.3 Å².